The number of fused-ring (bicyclic) bond motifs is 1. The van der Waals surface area contributed by atoms with Gasteiger partial charge in [0.1, 0.15) is 5.69 Å². The van der Waals surface area contributed by atoms with Crippen LogP contribution in [0.3, 0.4) is 0 Å². The molecule has 0 saturated heterocycles. The highest BCUT2D eigenvalue weighted by Gasteiger charge is 2.17. The molecule has 7 heteroatoms. The Morgan fingerprint density at radius 3 is 2.67 bits per heavy atom. The van der Waals surface area contributed by atoms with Gasteiger partial charge in [0.15, 0.2) is 0 Å². The molecule has 2 aromatic heterocycles. The van der Waals surface area contributed by atoms with Crippen molar-refractivity contribution in [3.63, 3.8) is 0 Å². The fraction of sp³-hybridized carbons (Fsp3) is 0. The highest BCUT2D eigenvalue weighted by molar-refractivity contribution is 7.92. The van der Waals surface area contributed by atoms with Crippen molar-refractivity contribution in [2.24, 2.45) is 0 Å². The number of sulfonamides is 1. The first kappa shape index (κ1) is 14.5. The fourth-order valence-electron chi connectivity index (χ4n) is 2.46. The summed E-state index contributed by atoms with van der Waals surface area (Å²) in [6, 6.07) is 17.4. The van der Waals surface area contributed by atoms with E-state index in [0.29, 0.717) is 5.69 Å². The topological polar surface area (TPSA) is 88.0 Å². The number of hydrogen-bond donors (Lipinski definition) is 2. The molecule has 120 valence electrons. The number of benzene rings is 2. The normalized spacial score (nSPS) is 11.7. The van der Waals surface area contributed by atoms with E-state index >= 15 is 0 Å². The molecule has 6 nitrogen and oxygen atoms in total. The van der Waals surface area contributed by atoms with Crippen molar-refractivity contribution in [1.82, 2.24) is 10.1 Å². The Kier molecular flexibility index (Phi) is 3.35. The minimum absolute atomic E-state index is 0.0698. The lowest BCUT2D eigenvalue weighted by Gasteiger charge is -2.03. The van der Waals surface area contributed by atoms with Crippen LogP contribution in [0.2, 0.25) is 0 Å². The summed E-state index contributed by atoms with van der Waals surface area (Å²) >= 11 is 0. The van der Waals surface area contributed by atoms with Crippen LogP contribution < -0.4 is 4.72 Å². The maximum atomic E-state index is 12.3. The van der Waals surface area contributed by atoms with E-state index in [1.165, 1.54) is 12.1 Å². The van der Waals surface area contributed by atoms with Crippen LogP contribution in [0.25, 0.3) is 22.2 Å². The van der Waals surface area contributed by atoms with Crippen LogP contribution in [0, 0.1) is 0 Å². The zero-order valence-corrected chi connectivity index (χ0v) is 13.2. The van der Waals surface area contributed by atoms with E-state index in [2.05, 4.69) is 14.9 Å². The molecule has 2 heterocycles. The van der Waals surface area contributed by atoms with E-state index in [1.54, 1.807) is 24.3 Å². The Morgan fingerprint density at radius 2 is 1.83 bits per heavy atom. The molecule has 4 aromatic rings. The van der Waals surface area contributed by atoms with Crippen LogP contribution in [0.1, 0.15) is 0 Å². The highest BCUT2D eigenvalue weighted by atomic mass is 32.2. The van der Waals surface area contributed by atoms with Crippen LogP contribution >= 0.6 is 0 Å². The van der Waals surface area contributed by atoms with Crippen LogP contribution in [-0.4, -0.2) is 18.6 Å². The molecule has 0 atom stereocenters. The SMILES string of the molecule is O=S(=O)(Nc1cc(-c2ccc3cc[nH]c3c2)no1)c1ccccc1. The third kappa shape index (κ3) is 2.65. The zero-order valence-electron chi connectivity index (χ0n) is 12.4. The lowest BCUT2D eigenvalue weighted by molar-refractivity contribution is 0.438. The van der Waals surface area contributed by atoms with Gasteiger partial charge < -0.3 is 9.51 Å². The molecule has 2 aromatic carbocycles. The molecule has 4 rings (SSSR count). The number of nitrogens with one attached hydrogen (secondary N) is 2. The first-order chi connectivity index (χ1) is 11.6. The van der Waals surface area contributed by atoms with E-state index in [9.17, 15) is 8.42 Å². The van der Waals surface area contributed by atoms with Gasteiger partial charge in [0.25, 0.3) is 10.0 Å². The van der Waals surface area contributed by atoms with Crippen molar-refractivity contribution < 1.29 is 12.9 Å². The van der Waals surface area contributed by atoms with E-state index in [0.717, 1.165) is 16.5 Å². The Hall–Kier alpha value is -3.06. The van der Waals surface area contributed by atoms with Gasteiger partial charge in [-0.25, -0.2) is 13.1 Å². The van der Waals surface area contributed by atoms with E-state index in [4.69, 9.17) is 4.52 Å². The van der Waals surface area contributed by atoms with Gasteiger partial charge in [-0.3, -0.25) is 0 Å². The standard InChI is InChI=1S/C17H13N3O3S/c21-24(22,14-4-2-1-3-5-14)20-17-11-16(19-23-17)13-7-6-12-8-9-18-15(12)10-13/h1-11,18,20H. The van der Waals surface area contributed by atoms with E-state index in [1.807, 2.05) is 30.5 Å². The molecule has 2 N–H and O–H groups in total. The largest absolute Gasteiger partial charge is 0.361 e. The third-order valence-corrected chi connectivity index (χ3v) is 5.01. The highest BCUT2D eigenvalue weighted by Crippen LogP contribution is 2.26. The molecule has 0 bridgehead atoms. The number of nitrogens with zero attached hydrogens (tertiary/aromatic N) is 1. The number of hydrogen-bond acceptors (Lipinski definition) is 4. The number of aromatic amines is 1. The summed E-state index contributed by atoms with van der Waals surface area (Å²) in [7, 11) is -3.70. The summed E-state index contributed by atoms with van der Waals surface area (Å²) in [6.45, 7) is 0. The quantitative estimate of drug-likeness (QED) is 0.594. The molecule has 0 saturated carbocycles. The average Bonchev–Trinajstić information content (AvgIpc) is 3.23. The molecular formula is C17H13N3O3S. The maximum Gasteiger partial charge on any atom is 0.264 e. The van der Waals surface area contributed by atoms with Crippen molar-refractivity contribution >= 4 is 26.8 Å². The van der Waals surface area contributed by atoms with Crippen molar-refractivity contribution in [1.29, 1.82) is 0 Å². The zero-order chi connectivity index (χ0) is 16.6. The Morgan fingerprint density at radius 1 is 1.00 bits per heavy atom. The summed E-state index contributed by atoms with van der Waals surface area (Å²) in [5.41, 5.74) is 2.36. The number of anilines is 1. The van der Waals surface area contributed by atoms with Gasteiger partial charge in [-0.05, 0) is 29.7 Å². The lowest BCUT2D eigenvalue weighted by atomic mass is 10.1. The van der Waals surface area contributed by atoms with Crippen LogP contribution in [0.5, 0.6) is 0 Å². The number of H-pyrrole nitrogens is 1. The van der Waals surface area contributed by atoms with Crippen LogP contribution in [-0.2, 0) is 10.0 Å². The molecule has 0 spiro atoms. The van der Waals surface area contributed by atoms with Crippen molar-refractivity contribution in [3.8, 4) is 11.3 Å². The van der Waals surface area contributed by atoms with E-state index in [-0.39, 0.29) is 10.8 Å². The first-order valence-corrected chi connectivity index (χ1v) is 8.72. The van der Waals surface area contributed by atoms with Gasteiger partial charge in [0.2, 0.25) is 5.88 Å². The minimum atomic E-state index is -3.70. The number of aromatic nitrogens is 2. The summed E-state index contributed by atoms with van der Waals surface area (Å²) in [4.78, 5) is 3.29. The van der Waals surface area contributed by atoms with E-state index < -0.39 is 10.0 Å². The second kappa shape index (κ2) is 5.54. The Bertz CT molecular complexity index is 1100. The molecular weight excluding hydrogens is 326 g/mol. The predicted octanol–water partition coefficient (Wildman–Crippen LogP) is 3.62. The molecule has 0 fully saturated rings. The second-order valence-corrected chi connectivity index (χ2v) is 6.96. The molecule has 0 radical (unpaired) electrons. The van der Waals surface area contributed by atoms with Crippen molar-refractivity contribution in [3.05, 3.63) is 66.9 Å². The van der Waals surface area contributed by atoms with Gasteiger partial charge >= 0.3 is 0 Å². The Labute approximate surface area is 138 Å². The minimum Gasteiger partial charge on any atom is -0.361 e. The molecule has 0 aliphatic rings. The maximum absolute atomic E-state index is 12.3. The predicted molar refractivity (Wildman–Crippen MR) is 91.0 cm³/mol. The van der Waals surface area contributed by atoms with Gasteiger partial charge in [0.05, 0.1) is 4.90 Å². The van der Waals surface area contributed by atoms with Gasteiger partial charge in [-0.2, -0.15) is 0 Å². The average molecular weight is 339 g/mol. The lowest BCUT2D eigenvalue weighted by Crippen LogP contribution is -2.12. The smallest absolute Gasteiger partial charge is 0.264 e. The second-order valence-electron chi connectivity index (χ2n) is 5.27. The summed E-state index contributed by atoms with van der Waals surface area (Å²) in [5, 5.41) is 5.03. The van der Waals surface area contributed by atoms with Crippen molar-refractivity contribution in [2.75, 3.05) is 4.72 Å². The van der Waals surface area contributed by atoms with Crippen LogP contribution in [0.4, 0.5) is 5.88 Å². The molecule has 0 aliphatic carbocycles. The molecule has 0 amide bonds. The van der Waals surface area contributed by atoms with Crippen molar-refractivity contribution in [2.45, 2.75) is 4.90 Å². The fourth-order valence-corrected chi connectivity index (χ4v) is 3.45. The van der Waals surface area contributed by atoms with Gasteiger partial charge in [0, 0.05) is 23.3 Å². The summed E-state index contributed by atoms with van der Waals surface area (Å²) < 4.78 is 32.1. The van der Waals surface area contributed by atoms with Gasteiger partial charge in [-0.15, -0.1) is 0 Å². The molecule has 0 aliphatic heterocycles. The number of rotatable bonds is 4. The van der Waals surface area contributed by atoms with Crippen LogP contribution in [0.15, 0.2) is 76.3 Å². The first-order valence-electron chi connectivity index (χ1n) is 7.24. The Balaban J connectivity index is 1.63. The van der Waals surface area contributed by atoms with Gasteiger partial charge in [-0.1, -0.05) is 35.5 Å². The molecule has 0 unspecified atom stereocenters. The molecule has 24 heavy (non-hydrogen) atoms. The summed E-state index contributed by atoms with van der Waals surface area (Å²) in [6.07, 6.45) is 1.86. The summed E-state index contributed by atoms with van der Waals surface area (Å²) in [5.74, 6) is 0.0698. The third-order valence-electron chi connectivity index (χ3n) is 3.65. The monoisotopic (exact) mass is 339 g/mol.